The summed E-state index contributed by atoms with van der Waals surface area (Å²) in [5.74, 6) is -0.500. The molecule has 2 heterocycles. The third-order valence-electron chi connectivity index (χ3n) is 4.01. The van der Waals surface area contributed by atoms with E-state index >= 15 is 0 Å². The van der Waals surface area contributed by atoms with Crippen molar-refractivity contribution in [3.05, 3.63) is 58.8 Å². The lowest BCUT2D eigenvalue weighted by Crippen LogP contribution is -2.48. The Labute approximate surface area is 137 Å². The van der Waals surface area contributed by atoms with Crippen molar-refractivity contribution in [3.8, 4) is 5.69 Å². The first-order valence-electron chi connectivity index (χ1n) is 7.42. The molecule has 24 heavy (non-hydrogen) atoms. The molecule has 1 aromatic heterocycles. The van der Waals surface area contributed by atoms with E-state index < -0.39 is 12.1 Å². The lowest BCUT2D eigenvalue weighted by atomic mass is 10.1. The molecule has 0 radical (unpaired) electrons. The van der Waals surface area contributed by atoms with Crippen LogP contribution in [0.2, 0.25) is 0 Å². The fraction of sp³-hybridized carbons (Fsp3) is 0.250. The van der Waals surface area contributed by atoms with Crippen molar-refractivity contribution >= 4 is 11.8 Å². The van der Waals surface area contributed by atoms with Gasteiger partial charge in [0.25, 0.3) is 11.5 Å². The molecular formula is C16H17N5O3. The van der Waals surface area contributed by atoms with Crippen LogP contribution in [0, 0.1) is 0 Å². The molecule has 2 aromatic rings. The zero-order valence-electron chi connectivity index (χ0n) is 13.0. The van der Waals surface area contributed by atoms with Crippen LogP contribution < -0.4 is 16.6 Å². The SMILES string of the molecule is CN1CC(NC(=O)c2ccc(-n3ccncc3=O)cc2)C(N)C1=O. The predicted octanol–water partition coefficient (Wildman–Crippen LogP) is -0.870. The van der Waals surface area contributed by atoms with Crippen LogP contribution in [-0.4, -0.2) is 51.9 Å². The van der Waals surface area contributed by atoms with E-state index in [0.29, 0.717) is 17.8 Å². The fourth-order valence-corrected chi connectivity index (χ4v) is 2.65. The van der Waals surface area contributed by atoms with Gasteiger partial charge in [-0.3, -0.25) is 23.9 Å². The minimum absolute atomic E-state index is 0.187. The van der Waals surface area contributed by atoms with Crippen LogP contribution in [-0.2, 0) is 4.79 Å². The van der Waals surface area contributed by atoms with Crippen molar-refractivity contribution in [2.45, 2.75) is 12.1 Å². The molecular weight excluding hydrogens is 310 g/mol. The summed E-state index contributed by atoms with van der Waals surface area (Å²) in [4.78, 5) is 41.0. The number of nitrogens with one attached hydrogen (secondary N) is 1. The van der Waals surface area contributed by atoms with Crippen LogP contribution in [0.5, 0.6) is 0 Å². The number of aromatic nitrogens is 2. The standard InChI is InChI=1S/C16H17N5O3/c1-20-9-12(14(17)16(20)24)19-15(23)10-2-4-11(5-3-10)21-7-6-18-8-13(21)22/h2-8,12,14H,9,17H2,1H3,(H,19,23). The van der Waals surface area contributed by atoms with Gasteiger partial charge < -0.3 is 16.0 Å². The average Bonchev–Trinajstić information content (AvgIpc) is 2.82. The third-order valence-corrected chi connectivity index (χ3v) is 4.01. The van der Waals surface area contributed by atoms with Crippen molar-refractivity contribution in [1.29, 1.82) is 0 Å². The highest BCUT2D eigenvalue weighted by Gasteiger charge is 2.36. The largest absolute Gasteiger partial charge is 0.345 e. The summed E-state index contributed by atoms with van der Waals surface area (Å²) in [5, 5.41) is 2.77. The quantitative estimate of drug-likeness (QED) is 0.761. The van der Waals surface area contributed by atoms with Crippen LogP contribution in [0.1, 0.15) is 10.4 Å². The topological polar surface area (TPSA) is 110 Å². The van der Waals surface area contributed by atoms with Crippen molar-refractivity contribution in [3.63, 3.8) is 0 Å². The number of nitrogens with two attached hydrogens (primary N) is 1. The molecule has 1 aliphatic heterocycles. The van der Waals surface area contributed by atoms with Crippen molar-refractivity contribution in [2.75, 3.05) is 13.6 Å². The summed E-state index contributed by atoms with van der Waals surface area (Å²) < 4.78 is 1.43. The van der Waals surface area contributed by atoms with Crippen molar-refractivity contribution in [1.82, 2.24) is 19.8 Å². The van der Waals surface area contributed by atoms with Gasteiger partial charge in [0.2, 0.25) is 5.91 Å². The van der Waals surface area contributed by atoms with E-state index in [0.717, 1.165) is 0 Å². The number of nitrogens with zero attached hydrogens (tertiary/aromatic N) is 3. The molecule has 2 atom stereocenters. The molecule has 1 aromatic carbocycles. The number of rotatable bonds is 3. The van der Waals surface area contributed by atoms with Gasteiger partial charge in [-0.05, 0) is 24.3 Å². The van der Waals surface area contributed by atoms with Gasteiger partial charge in [0, 0.05) is 37.2 Å². The average molecular weight is 327 g/mol. The first-order chi connectivity index (χ1) is 11.5. The maximum absolute atomic E-state index is 12.3. The molecule has 1 fully saturated rings. The highest BCUT2D eigenvalue weighted by Crippen LogP contribution is 2.11. The first kappa shape index (κ1) is 15.9. The Morgan fingerprint density at radius 2 is 2.00 bits per heavy atom. The van der Waals surface area contributed by atoms with Gasteiger partial charge in [0.1, 0.15) is 6.04 Å². The van der Waals surface area contributed by atoms with E-state index in [4.69, 9.17) is 5.73 Å². The van der Waals surface area contributed by atoms with E-state index in [1.54, 1.807) is 37.5 Å². The van der Waals surface area contributed by atoms with Crippen LogP contribution in [0.4, 0.5) is 0 Å². The number of amides is 2. The van der Waals surface area contributed by atoms with E-state index in [1.807, 2.05) is 0 Å². The number of hydrogen-bond acceptors (Lipinski definition) is 5. The Hall–Kier alpha value is -3.00. The molecule has 124 valence electrons. The molecule has 2 amide bonds. The van der Waals surface area contributed by atoms with Crippen molar-refractivity contribution < 1.29 is 9.59 Å². The molecule has 1 saturated heterocycles. The summed E-state index contributed by atoms with van der Waals surface area (Å²) in [6.45, 7) is 0.385. The molecule has 0 saturated carbocycles. The van der Waals surface area contributed by atoms with Gasteiger partial charge >= 0.3 is 0 Å². The molecule has 0 bridgehead atoms. The number of hydrogen-bond donors (Lipinski definition) is 2. The van der Waals surface area contributed by atoms with Crippen LogP contribution in [0.25, 0.3) is 5.69 Å². The maximum atomic E-state index is 12.3. The molecule has 0 spiro atoms. The summed E-state index contributed by atoms with van der Waals surface area (Å²) in [7, 11) is 1.65. The van der Waals surface area contributed by atoms with Gasteiger partial charge in [-0.15, -0.1) is 0 Å². The van der Waals surface area contributed by atoms with Gasteiger partial charge in [0.05, 0.1) is 12.2 Å². The Morgan fingerprint density at radius 1 is 1.29 bits per heavy atom. The second kappa shape index (κ2) is 6.25. The van der Waals surface area contributed by atoms with Gasteiger partial charge in [-0.25, -0.2) is 0 Å². The molecule has 8 heteroatoms. The Bertz CT molecular complexity index is 830. The molecule has 8 nitrogen and oxygen atoms in total. The van der Waals surface area contributed by atoms with Crippen molar-refractivity contribution in [2.24, 2.45) is 5.73 Å². The number of likely N-dealkylation sites (tertiary alicyclic amines) is 1. The summed E-state index contributed by atoms with van der Waals surface area (Å²) in [6.07, 6.45) is 4.28. The summed E-state index contributed by atoms with van der Waals surface area (Å²) in [6, 6.07) is 5.42. The molecule has 1 aliphatic rings. The Balaban J connectivity index is 1.74. The lowest BCUT2D eigenvalue weighted by molar-refractivity contribution is -0.127. The van der Waals surface area contributed by atoms with Crippen LogP contribution >= 0.6 is 0 Å². The third kappa shape index (κ3) is 2.91. The summed E-state index contributed by atoms with van der Waals surface area (Å²) >= 11 is 0. The number of likely N-dealkylation sites (N-methyl/N-ethyl adjacent to an activating group) is 1. The van der Waals surface area contributed by atoms with Gasteiger partial charge in [-0.2, -0.15) is 0 Å². The zero-order chi connectivity index (χ0) is 17.3. The van der Waals surface area contributed by atoms with E-state index in [9.17, 15) is 14.4 Å². The normalized spacial score (nSPS) is 20.2. The predicted molar refractivity (Wildman–Crippen MR) is 86.7 cm³/mol. The second-order valence-electron chi connectivity index (χ2n) is 5.66. The van der Waals surface area contributed by atoms with Gasteiger partial charge in [0.15, 0.2) is 0 Å². The van der Waals surface area contributed by atoms with Crippen LogP contribution in [0.3, 0.4) is 0 Å². The fourth-order valence-electron chi connectivity index (χ4n) is 2.65. The molecule has 0 aliphatic carbocycles. The molecule has 2 unspecified atom stereocenters. The van der Waals surface area contributed by atoms with Gasteiger partial charge in [-0.1, -0.05) is 0 Å². The van der Waals surface area contributed by atoms with Crippen LogP contribution in [0.15, 0.2) is 47.7 Å². The minimum Gasteiger partial charge on any atom is -0.345 e. The second-order valence-corrected chi connectivity index (χ2v) is 5.66. The monoisotopic (exact) mass is 327 g/mol. The Kier molecular flexibility index (Phi) is 4.13. The number of carbonyl (C=O) groups excluding carboxylic acids is 2. The van der Waals surface area contributed by atoms with E-state index in [-0.39, 0.29) is 17.4 Å². The lowest BCUT2D eigenvalue weighted by Gasteiger charge is -2.15. The number of benzene rings is 1. The first-order valence-corrected chi connectivity index (χ1v) is 7.42. The zero-order valence-corrected chi connectivity index (χ0v) is 13.0. The highest BCUT2D eigenvalue weighted by atomic mass is 16.2. The van der Waals surface area contributed by atoms with E-state index in [1.165, 1.54) is 21.9 Å². The summed E-state index contributed by atoms with van der Waals surface area (Å²) in [5.41, 5.74) is 6.61. The minimum atomic E-state index is -0.728. The highest BCUT2D eigenvalue weighted by molar-refractivity contribution is 5.95. The van der Waals surface area contributed by atoms with E-state index in [2.05, 4.69) is 10.3 Å². The molecule has 3 N–H and O–H groups in total. The number of carbonyl (C=O) groups is 2. The molecule has 3 rings (SSSR count). The Morgan fingerprint density at radius 3 is 2.58 bits per heavy atom. The maximum Gasteiger partial charge on any atom is 0.273 e. The smallest absolute Gasteiger partial charge is 0.273 e.